The molecule has 1 aromatic rings. The third-order valence-corrected chi connectivity index (χ3v) is 2.63. The Kier molecular flexibility index (Phi) is 2.86. The highest BCUT2D eigenvalue weighted by atomic mass is 28.3. The maximum Gasteiger partial charge on any atom is 0.210 e. The van der Waals surface area contributed by atoms with Gasteiger partial charge < -0.3 is 5.73 Å². The summed E-state index contributed by atoms with van der Waals surface area (Å²) in [6, 6.07) is 7.82. The monoisotopic (exact) mass is 190 g/mol. The van der Waals surface area contributed by atoms with Gasteiger partial charge in [-0.3, -0.25) is 0 Å². The first-order chi connectivity index (χ1) is 5.99. The van der Waals surface area contributed by atoms with Crippen LogP contribution in [0, 0.1) is 6.08 Å². The van der Waals surface area contributed by atoms with E-state index < -0.39 is 8.07 Å². The van der Waals surface area contributed by atoms with Crippen LogP contribution in [-0.4, -0.2) is 8.07 Å². The molecule has 0 unspecified atom stereocenters. The summed E-state index contributed by atoms with van der Waals surface area (Å²) in [6.07, 6.45) is 3.26. The molecule has 0 aromatic heterocycles. The molecule has 0 atom stereocenters. The molecule has 0 amide bonds. The highest BCUT2D eigenvalue weighted by molar-refractivity contribution is 6.80. The van der Waals surface area contributed by atoms with Crippen molar-refractivity contribution < 1.29 is 0 Å². The number of nitrogens with two attached hydrogens (primary N) is 1. The van der Waals surface area contributed by atoms with Crippen molar-refractivity contribution in [2.75, 3.05) is 5.73 Å². The van der Waals surface area contributed by atoms with Crippen LogP contribution >= 0.6 is 0 Å². The van der Waals surface area contributed by atoms with Crippen LogP contribution in [0.1, 0.15) is 5.56 Å². The fraction of sp³-hybridized carbons (Fsp3) is 0.273. The van der Waals surface area contributed by atoms with E-state index in [1.807, 2.05) is 24.3 Å². The second kappa shape index (κ2) is 3.73. The minimum absolute atomic E-state index is 0.803. The molecule has 2 heteroatoms. The van der Waals surface area contributed by atoms with Crippen molar-refractivity contribution in [1.82, 2.24) is 0 Å². The third-order valence-electron chi connectivity index (χ3n) is 1.62. The maximum absolute atomic E-state index is 5.78. The normalized spacial score (nSPS) is 11.6. The largest absolute Gasteiger partial charge is 0.346 e. The third kappa shape index (κ3) is 3.41. The van der Waals surface area contributed by atoms with E-state index in [0.29, 0.717) is 0 Å². The van der Waals surface area contributed by atoms with Crippen LogP contribution in [0.5, 0.6) is 0 Å². The zero-order valence-corrected chi connectivity index (χ0v) is 9.46. The van der Waals surface area contributed by atoms with Crippen LogP contribution in [0.25, 0.3) is 0 Å². The van der Waals surface area contributed by atoms with Gasteiger partial charge in [-0.1, -0.05) is 19.6 Å². The predicted octanol–water partition coefficient (Wildman–Crippen LogP) is 2.85. The van der Waals surface area contributed by atoms with Crippen LogP contribution in [-0.2, 0) is 0 Å². The molecule has 0 fully saturated rings. The number of hydrogen-bond donors (Lipinski definition) is 1. The summed E-state index contributed by atoms with van der Waals surface area (Å²) in [4.78, 5) is 0. The molecule has 1 aromatic carbocycles. The summed E-state index contributed by atoms with van der Waals surface area (Å²) >= 11 is 0. The number of para-hydroxylation sites is 1. The number of benzene rings is 1. The first kappa shape index (κ1) is 9.97. The molecule has 0 bridgehead atoms. The fourth-order valence-electron chi connectivity index (χ4n) is 0.923. The molecule has 1 nitrogen and oxygen atoms in total. The summed E-state index contributed by atoms with van der Waals surface area (Å²) in [6.45, 7) is 6.83. The van der Waals surface area contributed by atoms with E-state index in [1.165, 1.54) is 0 Å². The zero-order chi connectivity index (χ0) is 9.90. The summed E-state index contributed by atoms with van der Waals surface area (Å²) in [7, 11) is -1.15. The number of nitrogen functional groups attached to an aromatic ring is 1. The Morgan fingerprint density at radius 3 is 2.38 bits per heavy atom. The Bertz CT molecular complexity index is 310. The molecule has 13 heavy (non-hydrogen) atoms. The summed E-state index contributed by atoms with van der Waals surface area (Å²) in [5, 5.41) is 0. The molecular formula is C11H16NSi+. The molecule has 2 N–H and O–H groups in total. The second-order valence-corrected chi connectivity index (χ2v) is 9.26. The molecule has 0 saturated heterocycles. The van der Waals surface area contributed by atoms with Gasteiger partial charge in [0.1, 0.15) is 0 Å². The number of anilines is 1. The summed E-state index contributed by atoms with van der Waals surface area (Å²) in [5.41, 5.74) is 9.77. The summed E-state index contributed by atoms with van der Waals surface area (Å²) < 4.78 is 0. The Morgan fingerprint density at radius 1 is 1.23 bits per heavy atom. The average Bonchev–Trinajstić information content (AvgIpc) is 2.01. The van der Waals surface area contributed by atoms with Gasteiger partial charge in [0, 0.05) is 17.8 Å². The Labute approximate surface area is 81.3 Å². The molecule has 0 aliphatic rings. The van der Waals surface area contributed by atoms with Gasteiger partial charge in [-0.25, -0.2) is 0 Å². The van der Waals surface area contributed by atoms with E-state index in [-0.39, 0.29) is 0 Å². The highest BCUT2D eigenvalue weighted by Crippen LogP contribution is 2.12. The maximum atomic E-state index is 5.78. The minimum Gasteiger partial charge on any atom is -0.346 e. The van der Waals surface area contributed by atoms with Crippen LogP contribution in [0.4, 0.5) is 5.69 Å². The van der Waals surface area contributed by atoms with Gasteiger partial charge in [0.2, 0.25) is 5.56 Å². The molecule has 0 radical (unpaired) electrons. The molecule has 0 aliphatic heterocycles. The van der Waals surface area contributed by atoms with Gasteiger partial charge in [-0.2, -0.15) is 0 Å². The predicted molar refractivity (Wildman–Crippen MR) is 61.1 cm³/mol. The Hall–Kier alpha value is -1.11. The topological polar surface area (TPSA) is 26.0 Å². The lowest BCUT2D eigenvalue weighted by Gasteiger charge is -2.03. The minimum atomic E-state index is -1.15. The van der Waals surface area contributed by atoms with Crippen molar-refractivity contribution in [1.29, 1.82) is 0 Å². The molecule has 0 spiro atoms. The SMILES string of the molecule is C[Si](C)(C)C=[C+]c1ccccc1N. The van der Waals surface area contributed by atoms with E-state index in [1.54, 1.807) is 0 Å². The van der Waals surface area contributed by atoms with E-state index in [2.05, 4.69) is 31.4 Å². The molecule has 0 heterocycles. The number of hydrogen-bond acceptors (Lipinski definition) is 1. The van der Waals surface area contributed by atoms with E-state index in [4.69, 9.17) is 5.73 Å². The quantitative estimate of drug-likeness (QED) is 0.433. The highest BCUT2D eigenvalue weighted by Gasteiger charge is 2.12. The fourth-order valence-corrected chi connectivity index (χ4v) is 1.51. The van der Waals surface area contributed by atoms with Gasteiger partial charge >= 0.3 is 0 Å². The van der Waals surface area contributed by atoms with Crippen molar-refractivity contribution in [3.05, 3.63) is 41.6 Å². The van der Waals surface area contributed by atoms with Crippen LogP contribution in [0.2, 0.25) is 19.6 Å². The first-order valence-corrected chi connectivity index (χ1v) is 8.02. The average molecular weight is 190 g/mol. The zero-order valence-electron chi connectivity index (χ0n) is 8.46. The van der Waals surface area contributed by atoms with Crippen molar-refractivity contribution in [3.8, 4) is 0 Å². The Balaban J connectivity index is 2.86. The van der Waals surface area contributed by atoms with Crippen molar-refractivity contribution in [3.63, 3.8) is 0 Å². The van der Waals surface area contributed by atoms with E-state index in [9.17, 15) is 0 Å². The molecule has 68 valence electrons. The molecule has 0 aliphatic carbocycles. The standard InChI is InChI=1S/C11H16NSi/c1-13(2,3)9-8-10-6-4-5-7-11(10)12/h4-7,9H,12H2,1-3H3/q+1. The van der Waals surface area contributed by atoms with Crippen molar-refractivity contribution >= 4 is 13.8 Å². The van der Waals surface area contributed by atoms with Crippen molar-refractivity contribution in [2.24, 2.45) is 0 Å². The van der Waals surface area contributed by atoms with Gasteiger partial charge in [-0.05, 0) is 12.1 Å². The van der Waals surface area contributed by atoms with Gasteiger partial charge in [0.05, 0.1) is 14.1 Å². The van der Waals surface area contributed by atoms with Crippen LogP contribution in [0.15, 0.2) is 30.0 Å². The lowest BCUT2D eigenvalue weighted by molar-refractivity contribution is 1.56. The number of rotatable bonds is 2. The van der Waals surface area contributed by atoms with Gasteiger partial charge in [0.25, 0.3) is 0 Å². The van der Waals surface area contributed by atoms with E-state index >= 15 is 0 Å². The lowest BCUT2D eigenvalue weighted by atomic mass is 10.2. The molecule has 0 saturated carbocycles. The smallest absolute Gasteiger partial charge is 0.210 e. The first-order valence-electron chi connectivity index (χ1n) is 4.44. The Morgan fingerprint density at radius 2 is 1.85 bits per heavy atom. The van der Waals surface area contributed by atoms with Gasteiger partial charge in [-0.15, -0.1) is 0 Å². The lowest BCUT2D eigenvalue weighted by Crippen LogP contribution is -2.15. The molecular weight excluding hydrogens is 174 g/mol. The van der Waals surface area contributed by atoms with Gasteiger partial charge in [0.15, 0.2) is 5.69 Å². The summed E-state index contributed by atoms with van der Waals surface area (Å²) in [5.74, 6) is 0. The van der Waals surface area contributed by atoms with Crippen molar-refractivity contribution in [2.45, 2.75) is 19.6 Å². The second-order valence-electron chi connectivity index (χ2n) is 4.24. The van der Waals surface area contributed by atoms with Crippen LogP contribution < -0.4 is 5.73 Å². The van der Waals surface area contributed by atoms with E-state index in [0.717, 1.165) is 11.3 Å². The molecule has 1 rings (SSSR count). The van der Waals surface area contributed by atoms with Crippen LogP contribution in [0.3, 0.4) is 0 Å².